The zero-order valence-electron chi connectivity index (χ0n) is 26.9. The van der Waals surface area contributed by atoms with Crippen LogP contribution >= 0.6 is 27.3 Å². The van der Waals surface area contributed by atoms with Crippen molar-refractivity contribution in [3.05, 3.63) is 44.1 Å². The lowest BCUT2D eigenvalue weighted by molar-refractivity contribution is -0.142. The van der Waals surface area contributed by atoms with Gasteiger partial charge in [-0.1, -0.05) is 0 Å². The van der Waals surface area contributed by atoms with E-state index in [4.69, 9.17) is 10.5 Å². The van der Waals surface area contributed by atoms with Gasteiger partial charge in [-0.3, -0.25) is 4.79 Å². The highest BCUT2D eigenvalue weighted by atomic mass is 79.9. The number of nitrogen functional groups attached to an aromatic ring is 1. The molecule has 0 radical (unpaired) electrons. The number of anilines is 2. The number of thiophene rings is 1. The van der Waals surface area contributed by atoms with Crippen LogP contribution in [0.15, 0.2) is 27.4 Å². The van der Waals surface area contributed by atoms with Crippen molar-refractivity contribution < 1.29 is 32.3 Å². The molecule has 15 heteroatoms. The molecule has 3 N–H and O–H groups in total. The number of likely N-dealkylation sites (tertiary alicyclic amines) is 3. The molecule has 0 unspecified atom stereocenters. The van der Waals surface area contributed by atoms with Gasteiger partial charge in [-0.05, 0) is 110 Å². The Morgan fingerprint density at radius 3 is 2.27 bits per heavy atom. The third-order valence-corrected chi connectivity index (χ3v) is 11.9. The van der Waals surface area contributed by atoms with Crippen molar-refractivity contribution in [2.75, 3.05) is 57.4 Å². The molecule has 3 fully saturated rings. The molecule has 4 aliphatic heterocycles. The van der Waals surface area contributed by atoms with Gasteiger partial charge in [-0.15, -0.1) is 11.3 Å². The van der Waals surface area contributed by atoms with Gasteiger partial charge in [0.25, 0.3) is 5.91 Å². The van der Waals surface area contributed by atoms with E-state index >= 15 is 0 Å². The number of amides is 4. The molecule has 0 bridgehead atoms. The van der Waals surface area contributed by atoms with E-state index in [0.717, 1.165) is 56.1 Å². The molecule has 262 valence electrons. The standard InChI is InChI=1S/C33H42BrF3N6O4S/c1-40-8-2-21(3-9-40)22-4-10-41(11-5-22)30(44)28(16-20-14-25(33(35,36)37)29(38)26(34)15-20)47-32(46)42-12-6-24(7-13-42)43-17-23-18-48-19-27(23)39-31(43)45/h14-15,18-19,21-22,24,28H,2-13,16-17,38H2,1H3,(H,39,45)/t28-/m1/s1. The fraction of sp³-hybridized carbons (Fsp3) is 0.606. The summed E-state index contributed by atoms with van der Waals surface area (Å²) in [7, 11) is 2.13. The number of alkyl halides is 3. The van der Waals surface area contributed by atoms with Gasteiger partial charge in [0.1, 0.15) is 0 Å². The number of hydrogen-bond donors (Lipinski definition) is 2. The number of carbonyl (C=O) groups excluding carboxylic acids is 3. The number of nitrogens with one attached hydrogen (secondary N) is 1. The predicted octanol–water partition coefficient (Wildman–Crippen LogP) is 6.25. The minimum atomic E-state index is -4.70. The average Bonchev–Trinajstić information content (AvgIpc) is 3.52. The smallest absolute Gasteiger partial charge is 0.418 e. The highest BCUT2D eigenvalue weighted by molar-refractivity contribution is 9.10. The third-order valence-electron chi connectivity index (χ3n) is 10.5. The van der Waals surface area contributed by atoms with E-state index < -0.39 is 35.5 Å². The van der Waals surface area contributed by atoms with E-state index in [1.54, 1.807) is 9.80 Å². The van der Waals surface area contributed by atoms with E-state index in [1.807, 2.05) is 10.8 Å². The van der Waals surface area contributed by atoms with E-state index in [1.165, 1.54) is 22.3 Å². The number of ether oxygens (including phenoxy) is 1. The molecular weight excluding hydrogens is 713 g/mol. The summed E-state index contributed by atoms with van der Waals surface area (Å²) in [6, 6.07) is 2.13. The van der Waals surface area contributed by atoms with Crippen LogP contribution in [0.4, 0.5) is 34.1 Å². The first-order chi connectivity index (χ1) is 22.9. The Morgan fingerprint density at radius 1 is 1.00 bits per heavy atom. The van der Waals surface area contributed by atoms with Crippen LogP contribution in [-0.2, 0) is 28.7 Å². The van der Waals surface area contributed by atoms with Crippen molar-refractivity contribution in [1.82, 2.24) is 19.6 Å². The van der Waals surface area contributed by atoms with Crippen LogP contribution in [0.5, 0.6) is 0 Å². The Bertz CT molecular complexity index is 1500. The zero-order chi connectivity index (χ0) is 34.2. The summed E-state index contributed by atoms with van der Waals surface area (Å²) in [5.74, 6) is 0.727. The lowest BCUT2D eigenvalue weighted by Gasteiger charge is -2.41. The summed E-state index contributed by atoms with van der Waals surface area (Å²) in [6.45, 7) is 4.29. The maximum atomic E-state index is 14.0. The molecule has 48 heavy (non-hydrogen) atoms. The fourth-order valence-corrected chi connectivity index (χ4v) is 8.85. The first-order valence-electron chi connectivity index (χ1n) is 16.6. The summed E-state index contributed by atoms with van der Waals surface area (Å²) >= 11 is 4.66. The Balaban J connectivity index is 1.13. The second-order valence-corrected chi connectivity index (χ2v) is 15.1. The molecule has 6 rings (SSSR count). The minimum Gasteiger partial charge on any atom is -0.436 e. The van der Waals surface area contributed by atoms with E-state index in [-0.39, 0.29) is 28.5 Å². The normalized spacial score (nSPS) is 21.2. The van der Waals surface area contributed by atoms with Gasteiger partial charge in [0.2, 0.25) is 0 Å². The predicted molar refractivity (Wildman–Crippen MR) is 181 cm³/mol. The molecule has 0 spiro atoms. The third kappa shape index (κ3) is 7.72. The van der Waals surface area contributed by atoms with E-state index in [0.29, 0.717) is 57.4 Å². The number of piperidine rings is 3. The second-order valence-electron chi connectivity index (χ2n) is 13.5. The van der Waals surface area contributed by atoms with Gasteiger partial charge in [-0.2, -0.15) is 13.2 Å². The largest absolute Gasteiger partial charge is 0.436 e. The molecule has 10 nitrogen and oxygen atoms in total. The molecule has 1 atom stereocenters. The number of carbonyl (C=O) groups is 3. The monoisotopic (exact) mass is 754 g/mol. The summed E-state index contributed by atoms with van der Waals surface area (Å²) < 4.78 is 47.4. The molecule has 2 aromatic rings. The Morgan fingerprint density at radius 2 is 1.62 bits per heavy atom. The van der Waals surface area contributed by atoms with Crippen LogP contribution in [0.1, 0.15) is 55.2 Å². The van der Waals surface area contributed by atoms with Gasteiger partial charge in [0.05, 0.1) is 23.5 Å². The molecular formula is C33H42BrF3N6O4S. The number of rotatable bonds is 6. The second kappa shape index (κ2) is 14.4. The van der Waals surface area contributed by atoms with Gasteiger partial charge >= 0.3 is 18.3 Å². The topological polar surface area (TPSA) is 111 Å². The summed E-state index contributed by atoms with van der Waals surface area (Å²) in [4.78, 5) is 47.6. The SMILES string of the molecule is CN1CCC(C2CCN(C(=O)[C@@H](Cc3cc(Br)c(N)c(C(F)(F)F)c3)OC(=O)N3CCC(N4Cc5cscc5NC4=O)CC3)CC2)CC1. The summed E-state index contributed by atoms with van der Waals surface area (Å²) in [5, 5.41) is 6.85. The van der Waals surface area contributed by atoms with Gasteiger partial charge < -0.3 is 35.4 Å². The van der Waals surface area contributed by atoms with Crippen molar-refractivity contribution in [1.29, 1.82) is 0 Å². The van der Waals surface area contributed by atoms with E-state index in [2.05, 4.69) is 33.2 Å². The quantitative estimate of drug-likeness (QED) is 0.338. The number of nitrogens with two attached hydrogens (primary N) is 1. The maximum absolute atomic E-state index is 14.0. The number of benzene rings is 1. The zero-order valence-corrected chi connectivity index (χ0v) is 29.3. The molecule has 0 saturated carbocycles. The van der Waals surface area contributed by atoms with Gasteiger partial charge in [0.15, 0.2) is 6.10 Å². The van der Waals surface area contributed by atoms with Crippen molar-refractivity contribution in [3.8, 4) is 0 Å². The lowest BCUT2D eigenvalue weighted by atomic mass is 9.79. The maximum Gasteiger partial charge on any atom is 0.418 e. The van der Waals surface area contributed by atoms with Crippen molar-refractivity contribution in [2.45, 2.75) is 69.8 Å². The Hall–Kier alpha value is -3.04. The fourth-order valence-electron chi connectivity index (χ4n) is 7.56. The molecule has 3 saturated heterocycles. The average molecular weight is 756 g/mol. The number of fused-ring (bicyclic) bond motifs is 1. The van der Waals surface area contributed by atoms with Crippen molar-refractivity contribution in [2.24, 2.45) is 11.8 Å². The first kappa shape index (κ1) is 34.8. The highest BCUT2D eigenvalue weighted by Gasteiger charge is 2.39. The van der Waals surface area contributed by atoms with Gasteiger partial charge in [-0.25, -0.2) is 9.59 Å². The van der Waals surface area contributed by atoms with Crippen LogP contribution < -0.4 is 11.1 Å². The number of nitrogens with zero attached hydrogens (tertiary/aromatic N) is 4. The number of urea groups is 1. The number of hydrogen-bond acceptors (Lipinski definition) is 7. The molecule has 5 heterocycles. The van der Waals surface area contributed by atoms with Crippen LogP contribution in [0.25, 0.3) is 0 Å². The van der Waals surface area contributed by atoms with Crippen LogP contribution in [0.2, 0.25) is 0 Å². The van der Waals surface area contributed by atoms with Crippen molar-refractivity contribution in [3.63, 3.8) is 0 Å². The summed E-state index contributed by atoms with van der Waals surface area (Å²) in [6.07, 6.45) is -1.90. The lowest BCUT2D eigenvalue weighted by Crippen LogP contribution is -2.52. The first-order valence-corrected chi connectivity index (χ1v) is 18.3. The molecule has 4 aliphatic rings. The molecule has 1 aromatic heterocycles. The Labute approximate surface area is 290 Å². The van der Waals surface area contributed by atoms with Crippen LogP contribution in [0.3, 0.4) is 0 Å². The molecule has 4 amide bonds. The van der Waals surface area contributed by atoms with Crippen LogP contribution in [-0.4, -0.2) is 96.1 Å². The van der Waals surface area contributed by atoms with Crippen LogP contribution in [0, 0.1) is 11.8 Å². The highest BCUT2D eigenvalue weighted by Crippen LogP contribution is 2.39. The summed E-state index contributed by atoms with van der Waals surface area (Å²) in [5.41, 5.74) is 6.35. The Kier molecular flexibility index (Phi) is 10.5. The van der Waals surface area contributed by atoms with Crippen molar-refractivity contribution >= 4 is 56.7 Å². The van der Waals surface area contributed by atoms with E-state index in [9.17, 15) is 27.6 Å². The number of halogens is 4. The molecule has 0 aliphatic carbocycles. The minimum absolute atomic E-state index is 0.0576. The molecule has 1 aromatic carbocycles. The van der Waals surface area contributed by atoms with Gasteiger partial charge in [0, 0.05) is 54.1 Å².